The second kappa shape index (κ2) is 18.3. The van der Waals surface area contributed by atoms with E-state index in [1.807, 2.05) is 0 Å². The monoisotopic (exact) mass is 663 g/mol. The molecule has 1 heterocycles. The van der Waals surface area contributed by atoms with E-state index < -0.39 is 80.8 Å². The first-order valence-corrected chi connectivity index (χ1v) is 17.7. The number of nitrogens with one attached hydrogen (secondary N) is 1. The highest BCUT2D eigenvalue weighted by atomic mass is 32.2. The van der Waals surface area contributed by atoms with Crippen molar-refractivity contribution in [3.05, 3.63) is 0 Å². The van der Waals surface area contributed by atoms with Gasteiger partial charge in [-0.05, 0) is 27.7 Å². The number of esters is 3. The Morgan fingerprint density at radius 2 is 1.21 bits per heavy atom. The van der Waals surface area contributed by atoms with Crippen molar-refractivity contribution < 1.29 is 65.4 Å². The summed E-state index contributed by atoms with van der Waals surface area (Å²) in [6, 6.07) is -1.13. The molecule has 0 aromatic carbocycles. The van der Waals surface area contributed by atoms with E-state index in [-0.39, 0.29) is 32.2 Å². The summed E-state index contributed by atoms with van der Waals surface area (Å²) in [5.74, 6) is -2.95. The van der Waals surface area contributed by atoms with Gasteiger partial charge in [-0.15, -0.1) is 11.8 Å². The quantitative estimate of drug-likeness (QED) is 0.128. The Bertz CT molecular complexity index is 964. The van der Waals surface area contributed by atoms with Crippen LogP contribution < -0.4 is 5.32 Å². The normalized spacial score (nSPS) is 22.8. The fourth-order valence-corrected chi connectivity index (χ4v) is 11.6. The van der Waals surface area contributed by atoms with Crippen molar-refractivity contribution in [1.82, 2.24) is 5.32 Å². The molecule has 42 heavy (non-hydrogen) atoms. The van der Waals surface area contributed by atoms with E-state index in [2.05, 4.69) is 5.32 Å². The van der Waals surface area contributed by atoms with Crippen LogP contribution >= 0.6 is 27.0 Å². The van der Waals surface area contributed by atoms with Crippen molar-refractivity contribution in [2.45, 2.75) is 90.6 Å². The smallest absolute Gasteiger partial charge is 0.346 e. The Morgan fingerprint density at radius 3 is 1.60 bits per heavy atom. The van der Waals surface area contributed by atoms with Crippen LogP contribution in [0.5, 0.6) is 0 Å². The molecule has 1 rings (SSSR count). The summed E-state index contributed by atoms with van der Waals surface area (Å²) in [5.41, 5.74) is -1.11. The lowest BCUT2D eigenvalue weighted by Gasteiger charge is -2.45. The molecule has 244 valence electrons. The van der Waals surface area contributed by atoms with Gasteiger partial charge in [0.2, 0.25) is 5.91 Å². The van der Waals surface area contributed by atoms with Crippen LogP contribution in [0.2, 0.25) is 0 Å². The molecule has 1 saturated heterocycles. The highest BCUT2D eigenvalue weighted by Crippen LogP contribution is 2.71. The lowest BCUT2D eigenvalue weighted by Crippen LogP contribution is -2.65. The maximum Gasteiger partial charge on any atom is 0.346 e. The summed E-state index contributed by atoms with van der Waals surface area (Å²) >= 11 is 0.929. The maximum absolute atomic E-state index is 14.0. The second-order valence-electron chi connectivity index (χ2n) is 8.78. The van der Waals surface area contributed by atoms with Crippen LogP contribution in [0.15, 0.2) is 0 Å². The molecule has 0 saturated carbocycles. The number of hydrogen-bond donors (Lipinski definition) is 1. The summed E-state index contributed by atoms with van der Waals surface area (Å²) < 4.78 is 72.2. The van der Waals surface area contributed by atoms with Gasteiger partial charge in [-0.25, -0.2) is 0 Å². The molecule has 0 aromatic heterocycles. The van der Waals surface area contributed by atoms with Gasteiger partial charge in [0.1, 0.15) is 24.2 Å². The third-order valence-electron chi connectivity index (χ3n) is 5.45. The molecule has 1 amide bonds. The number of amides is 1. The zero-order valence-corrected chi connectivity index (χ0v) is 27.8. The standard InChI is InChI=1S/C24H43NO14P2S/c1-9-33-40(30,34-10-2)20(41(31,35-11-3)36-12-4)14-42-24-21(25-15(5)26)23(38-18(8)29)22(37-17(7)28)19(39-24)13-32-16(6)27/h19-24H,9-14H2,1-8H3,(H,25,26)/t19-,21-,22-,23-,24+/m1/s1. The molecular weight excluding hydrogens is 620 g/mol. The fraction of sp³-hybridized carbons (Fsp3) is 0.833. The molecule has 0 unspecified atom stereocenters. The average molecular weight is 664 g/mol. The predicted molar refractivity (Wildman–Crippen MR) is 152 cm³/mol. The van der Waals surface area contributed by atoms with Crippen LogP contribution in [0.4, 0.5) is 0 Å². The van der Waals surface area contributed by atoms with Gasteiger partial charge in [-0.3, -0.25) is 28.3 Å². The summed E-state index contributed by atoms with van der Waals surface area (Å²) in [4.78, 5) is 48.0. The summed E-state index contributed by atoms with van der Waals surface area (Å²) in [5, 5.41) is 1.22. The van der Waals surface area contributed by atoms with E-state index in [1.54, 1.807) is 27.7 Å². The Kier molecular flexibility index (Phi) is 16.8. The van der Waals surface area contributed by atoms with Crippen LogP contribution in [0, 0.1) is 0 Å². The molecule has 1 aliphatic heterocycles. The molecule has 15 nitrogen and oxygen atoms in total. The van der Waals surface area contributed by atoms with Crippen LogP contribution in [0.25, 0.3) is 0 Å². The van der Waals surface area contributed by atoms with Gasteiger partial charge in [-0.1, -0.05) is 0 Å². The first-order chi connectivity index (χ1) is 19.7. The first kappa shape index (κ1) is 38.5. The van der Waals surface area contributed by atoms with E-state index in [0.29, 0.717) is 0 Å². The van der Waals surface area contributed by atoms with Crippen molar-refractivity contribution in [2.24, 2.45) is 0 Å². The van der Waals surface area contributed by atoms with E-state index >= 15 is 0 Å². The maximum atomic E-state index is 14.0. The number of rotatable bonds is 18. The van der Waals surface area contributed by atoms with Gasteiger partial charge in [0.05, 0.1) is 26.4 Å². The number of carbonyl (C=O) groups excluding carboxylic acids is 4. The van der Waals surface area contributed by atoms with Crippen molar-refractivity contribution in [2.75, 3.05) is 38.8 Å². The van der Waals surface area contributed by atoms with Crippen LogP contribution in [-0.4, -0.2) is 97.8 Å². The molecule has 0 spiro atoms. The topological polar surface area (TPSA) is 188 Å². The van der Waals surface area contributed by atoms with E-state index in [4.69, 9.17) is 37.0 Å². The Hall–Kier alpha value is -1.51. The molecular formula is C24H43NO14P2S. The summed E-state index contributed by atoms with van der Waals surface area (Å²) in [7, 11) is -8.27. The minimum atomic E-state index is -4.14. The zero-order valence-electron chi connectivity index (χ0n) is 25.2. The van der Waals surface area contributed by atoms with Crippen LogP contribution in [0.1, 0.15) is 55.4 Å². The molecule has 0 aromatic rings. The zero-order chi connectivity index (χ0) is 32.1. The van der Waals surface area contributed by atoms with Crippen LogP contribution in [0.3, 0.4) is 0 Å². The van der Waals surface area contributed by atoms with Crippen LogP contribution in [-0.2, 0) is 65.4 Å². The molecule has 1 N–H and O–H groups in total. The van der Waals surface area contributed by atoms with Gasteiger partial charge in [0, 0.05) is 33.4 Å². The highest BCUT2D eigenvalue weighted by molar-refractivity contribution is 8.00. The third kappa shape index (κ3) is 11.5. The summed E-state index contributed by atoms with van der Waals surface area (Å²) in [6.07, 6.45) is -3.73. The largest absolute Gasteiger partial charge is 0.463 e. The van der Waals surface area contributed by atoms with Crippen molar-refractivity contribution in [1.29, 1.82) is 0 Å². The Balaban J connectivity index is 3.65. The van der Waals surface area contributed by atoms with Gasteiger partial charge >= 0.3 is 33.1 Å². The Labute approximate surface area is 250 Å². The average Bonchev–Trinajstić information content (AvgIpc) is 2.86. The number of thioether (sulfide) groups is 1. The number of carbonyl (C=O) groups is 4. The van der Waals surface area contributed by atoms with Gasteiger partial charge in [0.25, 0.3) is 0 Å². The first-order valence-electron chi connectivity index (χ1n) is 13.5. The number of hydrogen-bond acceptors (Lipinski definition) is 15. The molecule has 1 aliphatic rings. The van der Waals surface area contributed by atoms with Crippen molar-refractivity contribution in [3.63, 3.8) is 0 Å². The lowest BCUT2D eigenvalue weighted by atomic mass is 9.97. The summed E-state index contributed by atoms with van der Waals surface area (Å²) in [6.45, 7) is 10.5. The molecule has 5 atom stereocenters. The predicted octanol–water partition coefficient (Wildman–Crippen LogP) is 3.23. The molecule has 18 heteroatoms. The second-order valence-corrected chi connectivity index (χ2v) is 14.8. The van der Waals surface area contributed by atoms with E-state index in [9.17, 15) is 28.3 Å². The van der Waals surface area contributed by atoms with Gasteiger partial charge < -0.3 is 42.4 Å². The molecule has 0 radical (unpaired) electrons. The van der Waals surface area contributed by atoms with E-state index in [1.165, 1.54) is 13.8 Å². The Morgan fingerprint density at radius 1 is 0.762 bits per heavy atom. The highest BCUT2D eigenvalue weighted by Gasteiger charge is 2.54. The SMILES string of the molecule is CCOP(=O)(OCC)C(CS[C@@H]1O[C@H](COC(C)=O)[C@@H](OC(C)=O)[C@H](OC(C)=O)[C@H]1NC(C)=O)P(=O)(OCC)OCC. The fourth-order valence-electron chi connectivity index (χ4n) is 4.11. The minimum Gasteiger partial charge on any atom is -0.463 e. The van der Waals surface area contributed by atoms with Gasteiger partial charge in [-0.2, -0.15) is 0 Å². The van der Waals surface area contributed by atoms with Crippen molar-refractivity contribution >= 4 is 50.8 Å². The molecule has 0 aliphatic carbocycles. The van der Waals surface area contributed by atoms with Gasteiger partial charge in [0.15, 0.2) is 17.6 Å². The lowest BCUT2D eigenvalue weighted by molar-refractivity contribution is -0.211. The molecule has 0 bridgehead atoms. The van der Waals surface area contributed by atoms with Crippen molar-refractivity contribution in [3.8, 4) is 0 Å². The third-order valence-corrected chi connectivity index (χ3v) is 13.2. The van der Waals surface area contributed by atoms with E-state index in [0.717, 1.165) is 25.6 Å². The minimum absolute atomic E-state index is 0.0335. The number of ether oxygens (including phenoxy) is 4. The molecule has 1 fully saturated rings.